The molecule has 0 bridgehead atoms. The predicted octanol–water partition coefficient (Wildman–Crippen LogP) is -0.745. The molecule has 2 saturated heterocycles. The van der Waals surface area contributed by atoms with E-state index in [1.807, 2.05) is 0 Å². The lowest BCUT2D eigenvalue weighted by Gasteiger charge is -2.24. The first-order valence-corrected chi connectivity index (χ1v) is 6.76. The van der Waals surface area contributed by atoms with Gasteiger partial charge in [-0.1, -0.05) is 0 Å². The van der Waals surface area contributed by atoms with Crippen LogP contribution in [-0.4, -0.2) is 45.4 Å². The number of H-pyrrole nitrogens is 1. The third-order valence-corrected chi connectivity index (χ3v) is 3.73. The Balaban J connectivity index is 2.01. The van der Waals surface area contributed by atoms with Crippen LogP contribution < -0.4 is 11.2 Å². The molecule has 0 aliphatic carbocycles. The SMILES string of the molecule is Cc1cn([C@@H]2O[C@H](CO)[C@@H]3OC(C)(C)OC32)c(=O)[nH]c1=O. The van der Waals surface area contributed by atoms with Crippen LogP contribution in [-0.2, 0) is 14.2 Å². The number of ether oxygens (including phenoxy) is 3. The van der Waals surface area contributed by atoms with Crippen LogP contribution in [0, 0.1) is 6.92 Å². The number of aliphatic hydroxyl groups excluding tert-OH is 1. The van der Waals surface area contributed by atoms with Gasteiger partial charge in [-0.15, -0.1) is 0 Å². The van der Waals surface area contributed by atoms with Crippen LogP contribution in [0.2, 0.25) is 0 Å². The average molecular weight is 298 g/mol. The Morgan fingerprint density at radius 2 is 2.00 bits per heavy atom. The maximum absolute atomic E-state index is 12.0. The molecule has 3 rings (SSSR count). The summed E-state index contributed by atoms with van der Waals surface area (Å²) in [4.78, 5) is 25.7. The minimum atomic E-state index is -0.814. The highest BCUT2D eigenvalue weighted by atomic mass is 16.8. The first-order valence-electron chi connectivity index (χ1n) is 6.76. The van der Waals surface area contributed by atoms with Gasteiger partial charge in [-0.05, 0) is 20.8 Å². The van der Waals surface area contributed by atoms with Gasteiger partial charge in [0.2, 0.25) is 0 Å². The Bertz CT molecular complexity index is 663. The van der Waals surface area contributed by atoms with Crippen molar-refractivity contribution in [2.24, 2.45) is 0 Å². The number of aromatic amines is 1. The Kier molecular flexibility index (Phi) is 3.28. The summed E-state index contributed by atoms with van der Waals surface area (Å²) < 4.78 is 18.5. The van der Waals surface area contributed by atoms with Crippen molar-refractivity contribution < 1.29 is 19.3 Å². The molecule has 1 aromatic heterocycles. The molecular weight excluding hydrogens is 280 g/mol. The molecule has 0 saturated carbocycles. The Morgan fingerprint density at radius 1 is 1.33 bits per heavy atom. The molecule has 0 radical (unpaired) electrons. The summed E-state index contributed by atoms with van der Waals surface area (Å²) in [6.07, 6.45) is -0.899. The molecule has 8 nitrogen and oxygen atoms in total. The topological polar surface area (TPSA) is 103 Å². The fourth-order valence-corrected chi connectivity index (χ4v) is 2.81. The van der Waals surface area contributed by atoms with Gasteiger partial charge < -0.3 is 19.3 Å². The zero-order valence-corrected chi connectivity index (χ0v) is 12.0. The lowest BCUT2D eigenvalue weighted by atomic mass is 10.1. The summed E-state index contributed by atoms with van der Waals surface area (Å²) in [5.74, 6) is -0.814. The van der Waals surface area contributed by atoms with E-state index in [0.717, 1.165) is 0 Å². The zero-order chi connectivity index (χ0) is 15.4. The molecule has 2 aliphatic heterocycles. The standard InChI is InChI=1S/C13H18N2O6/c1-6-4-15(12(18)14-10(6)17)11-9-8(7(5-16)19-11)20-13(2,3)21-9/h4,7-9,11,16H,5H2,1-3H3,(H,14,17,18)/t7-,8+,9?,11-/m1/s1. The zero-order valence-electron chi connectivity index (χ0n) is 12.0. The van der Waals surface area contributed by atoms with Crippen LogP contribution in [0.4, 0.5) is 0 Å². The third kappa shape index (κ3) is 2.34. The molecule has 1 unspecified atom stereocenters. The fourth-order valence-electron chi connectivity index (χ4n) is 2.81. The summed E-state index contributed by atoms with van der Waals surface area (Å²) in [5.41, 5.74) is -0.630. The van der Waals surface area contributed by atoms with Crippen molar-refractivity contribution in [3.63, 3.8) is 0 Å². The van der Waals surface area contributed by atoms with Crippen molar-refractivity contribution in [1.29, 1.82) is 0 Å². The maximum Gasteiger partial charge on any atom is 0.330 e. The number of hydrogen-bond donors (Lipinski definition) is 2. The van der Waals surface area contributed by atoms with Gasteiger partial charge in [0.15, 0.2) is 12.0 Å². The van der Waals surface area contributed by atoms with E-state index in [1.54, 1.807) is 20.8 Å². The van der Waals surface area contributed by atoms with Crippen molar-refractivity contribution in [2.75, 3.05) is 6.61 Å². The number of hydrogen-bond acceptors (Lipinski definition) is 6. The molecule has 8 heteroatoms. The Labute approximate surface area is 120 Å². The van der Waals surface area contributed by atoms with Crippen molar-refractivity contribution in [2.45, 2.75) is 51.1 Å². The molecule has 21 heavy (non-hydrogen) atoms. The maximum atomic E-state index is 12.0. The van der Waals surface area contributed by atoms with Gasteiger partial charge in [0.25, 0.3) is 5.56 Å². The van der Waals surface area contributed by atoms with Crippen molar-refractivity contribution in [3.8, 4) is 0 Å². The van der Waals surface area contributed by atoms with Crippen molar-refractivity contribution in [3.05, 3.63) is 32.6 Å². The normalized spacial score (nSPS) is 34.1. The van der Waals surface area contributed by atoms with E-state index >= 15 is 0 Å². The van der Waals surface area contributed by atoms with Crippen LogP contribution in [0.5, 0.6) is 0 Å². The molecule has 3 heterocycles. The molecule has 0 aromatic carbocycles. The minimum Gasteiger partial charge on any atom is -0.394 e. The van der Waals surface area contributed by atoms with Gasteiger partial charge in [0, 0.05) is 11.8 Å². The highest BCUT2D eigenvalue weighted by Crippen LogP contribution is 2.42. The molecule has 4 atom stereocenters. The number of aryl methyl sites for hydroxylation is 1. The second kappa shape index (κ2) is 4.77. The molecule has 1 aromatic rings. The third-order valence-electron chi connectivity index (χ3n) is 3.73. The Hall–Kier alpha value is -1.48. The van der Waals surface area contributed by atoms with E-state index < -0.39 is 41.6 Å². The van der Waals surface area contributed by atoms with Crippen LogP contribution in [0.15, 0.2) is 15.8 Å². The first-order chi connectivity index (χ1) is 9.82. The number of rotatable bonds is 2. The van der Waals surface area contributed by atoms with E-state index in [2.05, 4.69) is 4.98 Å². The fraction of sp³-hybridized carbons (Fsp3) is 0.692. The van der Waals surface area contributed by atoms with Gasteiger partial charge >= 0.3 is 5.69 Å². The Morgan fingerprint density at radius 3 is 2.67 bits per heavy atom. The number of fused-ring (bicyclic) bond motifs is 1. The number of nitrogens with zero attached hydrogens (tertiary/aromatic N) is 1. The second-order valence-corrected chi connectivity index (χ2v) is 5.79. The van der Waals surface area contributed by atoms with Crippen LogP contribution in [0.1, 0.15) is 25.6 Å². The van der Waals surface area contributed by atoms with Crippen molar-refractivity contribution >= 4 is 0 Å². The van der Waals surface area contributed by atoms with Gasteiger partial charge in [-0.25, -0.2) is 4.79 Å². The smallest absolute Gasteiger partial charge is 0.330 e. The second-order valence-electron chi connectivity index (χ2n) is 5.79. The summed E-state index contributed by atoms with van der Waals surface area (Å²) >= 11 is 0. The highest BCUT2D eigenvalue weighted by molar-refractivity contribution is 5.04. The monoisotopic (exact) mass is 298 g/mol. The molecule has 0 spiro atoms. The number of nitrogens with one attached hydrogen (secondary N) is 1. The van der Waals surface area contributed by atoms with Crippen LogP contribution >= 0.6 is 0 Å². The van der Waals surface area contributed by atoms with Gasteiger partial charge in [-0.2, -0.15) is 0 Å². The van der Waals surface area contributed by atoms with Crippen LogP contribution in [0.25, 0.3) is 0 Å². The van der Waals surface area contributed by atoms with Crippen molar-refractivity contribution in [1.82, 2.24) is 9.55 Å². The van der Waals surface area contributed by atoms with E-state index in [-0.39, 0.29) is 6.61 Å². The quantitative estimate of drug-likeness (QED) is 0.745. The summed E-state index contributed by atoms with van der Waals surface area (Å²) in [6, 6.07) is 0. The van der Waals surface area contributed by atoms with Gasteiger partial charge in [-0.3, -0.25) is 14.3 Å². The number of aliphatic hydroxyl groups is 1. The molecule has 2 aliphatic rings. The summed E-state index contributed by atoms with van der Waals surface area (Å²) in [6.45, 7) is 4.88. The predicted molar refractivity (Wildman–Crippen MR) is 70.9 cm³/mol. The minimum absolute atomic E-state index is 0.242. The van der Waals surface area contributed by atoms with E-state index in [1.165, 1.54) is 10.8 Å². The average Bonchev–Trinajstić information content (AvgIpc) is 2.87. The summed E-state index contributed by atoms with van der Waals surface area (Å²) in [7, 11) is 0. The molecule has 116 valence electrons. The van der Waals surface area contributed by atoms with Crippen LogP contribution in [0.3, 0.4) is 0 Å². The van der Waals surface area contributed by atoms with E-state index in [0.29, 0.717) is 5.56 Å². The lowest BCUT2D eigenvalue weighted by Crippen LogP contribution is -2.38. The van der Waals surface area contributed by atoms with E-state index in [4.69, 9.17) is 14.2 Å². The van der Waals surface area contributed by atoms with Gasteiger partial charge in [0.1, 0.15) is 18.3 Å². The number of aromatic nitrogens is 2. The van der Waals surface area contributed by atoms with Gasteiger partial charge in [0.05, 0.1) is 6.61 Å². The largest absolute Gasteiger partial charge is 0.394 e. The molecule has 2 fully saturated rings. The first kappa shape index (κ1) is 14.5. The van der Waals surface area contributed by atoms with E-state index in [9.17, 15) is 14.7 Å². The molecular formula is C13H18N2O6. The molecule has 2 N–H and O–H groups in total. The summed E-state index contributed by atoms with van der Waals surface area (Å²) in [5, 5.41) is 9.41. The lowest BCUT2D eigenvalue weighted by molar-refractivity contribution is -0.200. The highest BCUT2D eigenvalue weighted by Gasteiger charge is 2.55. The molecule has 0 amide bonds.